The van der Waals surface area contributed by atoms with Crippen LogP contribution in [0.2, 0.25) is 5.02 Å². The van der Waals surface area contributed by atoms with Gasteiger partial charge < -0.3 is 11.1 Å². The fourth-order valence-electron chi connectivity index (χ4n) is 2.47. The number of aromatic nitrogens is 1. The summed E-state index contributed by atoms with van der Waals surface area (Å²) in [6.07, 6.45) is 2.51. The number of hydrogen-bond donors (Lipinski definition) is 2. The normalized spacial score (nSPS) is 11.3. The molecule has 0 fully saturated rings. The van der Waals surface area contributed by atoms with Crippen molar-refractivity contribution in [1.29, 1.82) is 0 Å². The molecule has 0 unspecified atom stereocenters. The minimum atomic E-state index is 0.313. The average molecular weight is 351 g/mol. The van der Waals surface area contributed by atoms with Crippen molar-refractivity contribution in [3.8, 4) is 0 Å². The summed E-state index contributed by atoms with van der Waals surface area (Å²) in [6, 6.07) is 21.8. The Labute approximate surface area is 152 Å². The fourth-order valence-corrected chi connectivity index (χ4v) is 2.66. The van der Waals surface area contributed by atoms with Crippen LogP contribution in [0.15, 0.2) is 77.9 Å². The smallest absolute Gasteiger partial charge is 0.194 e. The molecule has 25 heavy (non-hydrogen) atoms. The van der Waals surface area contributed by atoms with Gasteiger partial charge in [-0.1, -0.05) is 66.2 Å². The van der Waals surface area contributed by atoms with Crippen LogP contribution in [-0.2, 0) is 13.0 Å². The average Bonchev–Trinajstić information content (AvgIpc) is 2.64. The molecule has 1 heterocycles. The number of benzene rings is 2. The molecular weight excluding hydrogens is 332 g/mol. The number of pyridine rings is 1. The Bertz CT molecular complexity index is 862. The molecule has 0 spiro atoms. The lowest BCUT2D eigenvalue weighted by atomic mass is 10.1. The molecule has 0 radical (unpaired) electrons. The predicted octanol–water partition coefficient (Wildman–Crippen LogP) is 4.25. The summed E-state index contributed by atoms with van der Waals surface area (Å²) in [5.74, 6) is 1.03. The molecule has 1 aromatic heterocycles. The van der Waals surface area contributed by atoms with E-state index in [1.807, 2.05) is 54.6 Å². The van der Waals surface area contributed by atoms with Crippen molar-refractivity contribution in [2.24, 2.45) is 10.7 Å². The van der Waals surface area contributed by atoms with Crippen molar-refractivity contribution >= 4 is 23.4 Å². The quantitative estimate of drug-likeness (QED) is 0.534. The Morgan fingerprint density at radius 1 is 0.960 bits per heavy atom. The van der Waals surface area contributed by atoms with E-state index >= 15 is 0 Å². The van der Waals surface area contributed by atoms with E-state index < -0.39 is 0 Å². The highest BCUT2D eigenvalue weighted by atomic mass is 35.5. The van der Waals surface area contributed by atoms with Crippen LogP contribution >= 0.6 is 11.6 Å². The van der Waals surface area contributed by atoms with E-state index in [0.717, 1.165) is 17.5 Å². The van der Waals surface area contributed by atoms with Crippen LogP contribution < -0.4 is 11.1 Å². The highest BCUT2D eigenvalue weighted by molar-refractivity contribution is 6.31. The molecule has 5 heteroatoms. The van der Waals surface area contributed by atoms with Gasteiger partial charge in [-0.05, 0) is 28.8 Å². The zero-order valence-corrected chi connectivity index (χ0v) is 14.4. The van der Waals surface area contributed by atoms with E-state index in [9.17, 15) is 0 Å². The van der Waals surface area contributed by atoms with Crippen LogP contribution in [0, 0.1) is 0 Å². The summed E-state index contributed by atoms with van der Waals surface area (Å²) < 4.78 is 0. The standard InChI is InChI=1S/C20H19ClN4/c21-18-11-5-4-9-17(18)14-24-20(22)25-19-16(10-6-12-23-19)13-15-7-2-1-3-8-15/h1-12H,13-14H2,(H3,22,23,24,25). The van der Waals surface area contributed by atoms with Gasteiger partial charge in [0, 0.05) is 17.6 Å². The van der Waals surface area contributed by atoms with Crippen LogP contribution in [-0.4, -0.2) is 10.9 Å². The van der Waals surface area contributed by atoms with Gasteiger partial charge in [0.25, 0.3) is 0 Å². The lowest BCUT2D eigenvalue weighted by molar-refractivity contribution is 1.06. The Balaban J connectivity index is 1.72. The summed E-state index contributed by atoms with van der Waals surface area (Å²) in [6.45, 7) is 0.416. The van der Waals surface area contributed by atoms with Gasteiger partial charge in [-0.2, -0.15) is 0 Å². The monoisotopic (exact) mass is 350 g/mol. The SMILES string of the molecule is NC(=NCc1ccccc1Cl)Nc1ncccc1Cc1ccccc1. The van der Waals surface area contributed by atoms with Gasteiger partial charge in [0.2, 0.25) is 0 Å². The number of aliphatic imine (C=N–C) groups is 1. The zero-order valence-electron chi connectivity index (χ0n) is 13.7. The first-order chi connectivity index (χ1) is 12.2. The number of anilines is 1. The third-order valence-electron chi connectivity index (χ3n) is 3.75. The second kappa shape index (κ2) is 8.31. The van der Waals surface area contributed by atoms with E-state index in [-0.39, 0.29) is 0 Å². The Kier molecular flexibility index (Phi) is 5.65. The molecule has 0 atom stereocenters. The number of nitrogens with one attached hydrogen (secondary N) is 1. The lowest BCUT2D eigenvalue weighted by Gasteiger charge is -2.10. The van der Waals surface area contributed by atoms with Crippen molar-refractivity contribution in [3.05, 3.63) is 94.6 Å². The minimum absolute atomic E-state index is 0.313. The lowest BCUT2D eigenvalue weighted by Crippen LogP contribution is -2.24. The first-order valence-corrected chi connectivity index (χ1v) is 8.38. The highest BCUT2D eigenvalue weighted by Crippen LogP contribution is 2.17. The second-order valence-electron chi connectivity index (χ2n) is 5.59. The number of halogens is 1. The molecule has 0 amide bonds. The number of hydrogen-bond acceptors (Lipinski definition) is 2. The molecule has 3 N–H and O–H groups in total. The van der Waals surface area contributed by atoms with Crippen molar-refractivity contribution in [2.45, 2.75) is 13.0 Å². The van der Waals surface area contributed by atoms with E-state index in [1.165, 1.54) is 5.56 Å². The van der Waals surface area contributed by atoms with E-state index in [2.05, 4.69) is 27.4 Å². The molecule has 4 nitrogen and oxygen atoms in total. The van der Waals surface area contributed by atoms with Gasteiger partial charge in [-0.25, -0.2) is 9.98 Å². The summed E-state index contributed by atoms with van der Waals surface area (Å²) in [5.41, 5.74) is 9.22. The predicted molar refractivity (Wildman–Crippen MR) is 104 cm³/mol. The molecule has 0 bridgehead atoms. The minimum Gasteiger partial charge on any atom is -0.370 e. The number of nitrogens with zero attached hydrogens (tertiary/aromatic N) is 2. The van der Waals surface area contributed by atoms with E-state index in [0.29, 0.717) is 23.3 Å². The van der Waals surface area contributed by atoms with E-state index in [4.69, 9.17) is 17.3 Å². The summed E-state index contributed by atoms with van der Waals surface area (Å²) in [5, 5.41) is 3.78. The Morgan fingerprint density at radius 3 is 2.48 bits per heavy atom. The molecule has 0 saturated heterocycles. The maximum absolute atomic E-state index is 6.14. The topological polar surface area (TPSA) is 63.3 Å². The van der Waals surface area contributed by atoms with Crippen molar-refractivity contribution < 1.29 is 0 Å². The molecule has 3 rings (SSSR count). The van der Waals surface area contributed by atoms with Crippen LogP contribution in [0.1, 0.15) is 16.7 Å². The molecule has 0 aliphatic rings. The third kappa shape index (κ3) is 4.81. The van der Waals surface area contributed by atoms with Crippen molar-refractivity contribution in [3.63, 3.8) is 0 Å². The Morgan fingerprint density at radius 2 is 1.68 bits per heavy atom. The van der Waals surface area contributed by atoms with Crippen LogP contribution in [0.25, 0.3) is 0 Å². The molecule has 126 valence electrons. The molecule has 0 aliphatic carbocycles. The molecular formula is C20H19ClN4. The van der Waals surface area contributed by atoms with Gasteiger partial charge in [-0.3, -0.25) is 0 Å². The Hall–Kier alpha value is -2.85. The maximum atomic E-state index is 6.14. The van der Waals surface area contributed by atoms with Gasteiger partial charge in [0.05, 0.1) is 6.54 Å². The fraction of sp³-hybridized carbons (Fsp3) is 0.100. The van der Waals surface area contributed by atoms with Crippen LogP contribution in [0.3, 0.4) is 0 Å². The van der Waals surface area contributed by atoms with Crippen molar-refractivity contribution in [1.82, 2.24) is 4.98 Å². The second-order valence-corrected chi connectivity index (χ2v) is 6.00. The van der Waals surface area contributed by atoms with Gasteiger partial charge in [-0.15, -0.1) is 0 Å². The number of guanidine groups is 1. The van der Waals surface area contributed by atoms with Gasteiger partial charge in [0.15, 0.2) is 5.96 Å². The summed E-state index contributed by atoms with van der Waals surface area (Å²) in [4.78, 5) is 8.75. The number of nitrogens with two attached hydrogens (primary N) is 1. The molecule has 0 aliphatic heterocycles. The van der Waals surface area contributed by atoms with Crippen LogP contribution in [0.5, 0.6) is 0 Å². The zero-order chi connectivity index (χ0) is 17.5. The number of rotatable bonds is 5. The maximum Gasteiger partial charge on any atom is 0.194 e. The molecule has 3 aromatic rings. The highest BCUT2D eigenvalue weighted by Gasteiger charge is 2.06. The van der Waals surface area contributed by atoms with Crippen LogP contribution in [0.4, 0.5) is 5.82 Å². The van der Waals surface area contributed by atoms with Crippen molar-refractivity contribution in [2.75, 3.05) is 5.32 Å². The first kappa shape index (κ1) is 17.0. The summed E-state index contributed by atoms with van der Waals surface area (Å²) in [7, 11) is 0. The first-order valence-electron chi connectivity index (χ1n) is 8.00. The van der Waals surface area contributed by atoms with Gasteiger partial charge in [0.1, 0.15) is 5.82 Å². The summed E-state index contributed by atoms with van der Waals surface area (Å²) >= 11 is 6.14. The third-order valence-corrected chi connectivity index (χ3v) is 4.12. The molecule has 0 saturated carbocycles. The van der Waals surface area contributed by atoms with E-state index in [1.54, 1.807) is 6.20 Å². The molecule has 2 aromatic carbocycles. The van der Waals surface area contributed by atoms with Gasteiger partial charge >= 0.3 is 0 Å². The largest absolute Gasteiger partial charge is 0.370 e.